The quantitative estimate of drug-likeness (QED) is 0.220. The standard InChI is InChI=1S/C27H20O7/c1-15-19(34-27(29)23-13-16-7-4-5-9-20(16)32-23)12-11-18-24(28)22(33-25(15)18)14-17-8-6-10-21(30-2)26(17)31-3/h4-14H,1-3H3/b22-14-. The second kappa shape index (κ2) is 8.44. The lowest BCUT2D eigenvalue weighted by atomic mass is 10.1. The SMILES string of the molecule is COc1cccc(/C=C2\Oc3c(ccc(OC(=O)c4cc5ccccc5o4)c3C)C2=O)c1OC. The van der Waals surface area contributed by atoms with Crippen molar-refractivity contribution >= 4 is 28.8 Å². The number of Topliss-reactive ketones (excluding diaryl/α,β-unsaturated/α-hetero) is 1. The number of benzene rings is 3. The molecule has 1 aliphatic rings. The molecule has 0 bridgehead atoms. The van der Waals surface area contributed by atoms with Crippen molar-refractivity contribution in [3.63, 3.8) is 0 Å². The van der Waals surface area contributed by atoms with Crippen molar-refractivity contribution in [3.8, 4) is 23.0 Å². The zero-order valence-electron chi connectivity index (χ0n) is 18.7. The number of para-hydroxylation sites is 2. The van der Waals surface area contributed by atoms with Crippen LogP contribution in [0.15, 0.2) is 70.8 Å². The lowest BCUT2D eigenvalue weighted by Gasteiger charge is -2.10. The number of carbonyl (C=O) groups is 2. The minimum absolute atomic E-state index is 0.0869. The highest BCUT2D eigenvalue weighted by atomic mass is 16.6. The average molecular weight is 456 g/mol. The molecule has 0 N–H and O–H groups in total. The molecule has 0 unspecified atom stereocenters. The van der Waals surface area contributed by atoms with E-state index < -0.39 is 5.97 Å². The van der Waals surface area contributed by atoms with Gasteiger partial charge in [-0.15, -0.1) is 0 Å². The van der Waals surface area contributed by atoms with Crippen LogP contribution in [0.4, 0.5) is 0 Å². The maximum Gasteiger partial charge on any atom is 0.379 e. The molecule has 4 aromatic rings. The zero-order chi connectivity index (χ0) is 23.8. The fourth-order valence-corrected chi connectivity index (χ4v) is 3.88. The van der Waals surface area contributed by atoms with Crippen LogP contribution >= 0.6 is 0 Å². The van der Waals surface area contributed by atoms with Crippen LogP contribution in [-0.2, 0) is 0 Å². The molecule has 3 aromatic carbocycles. The minimum Gasteiger partial charge on any atom is -0.493 e. The Balaban J connectivity index is 1.44. The van der Waals surface area contributed by atoms with Crippen LogP contribution in [0.5, 0.6) is 23.0 Å². The summed E-state index contributed by atoms with van der Waals surface area (Å²) >= 11 is 0. The molecule has 0 saturated carbocycles. The van der Waals surface area contributed by atoms with Gasteiger partial charge in [-0.2, -0.15) is 0 Å². The number of fused-ring (bicyclic) bond motifs is 2. The first kappa shape index (κ1) is 21.3. The molecule has 5 rings (SSSR count). The number of ether oxygens (including phenoxy) is 4. The van der Waals surface area contributed by atoms with Crippen molar-refractivity contribution in [3.05, 3.63) is 88.9 Å². The molecule has 0 saturated heterocycles. The molecule has 7 nitrogen and oxygen atoms in total. The third-order valence-corrected chi connectivity index (χ3v) is 5.59. The highest BCUT2D eigenvalue weighted by Gasteiger charge is 2.31. The summed E-state index contributed by atoms with van der Waals surface area (Å²) in [6.07, 6.45) is 1.60. The summed E-state index contributed by atoms with van der Waals surface area (Å²) in [5, 5.41) is 0.803. The first-order chi connectivity index (χ1) is 16.5. The van der Waals surface area contributed by atoms with E-state index in [1.807, 2.05) is 18.2 Å². The maximum atomic E-state index is 13.0. The lowest BCUT2D eigenvalue weighted by molar-refractivity contribution is 0.0702. The van der Waals surface area contributed by atoms with E-state index in [1.54, 1.807) is 62.6 Å². The van der Waals surface area contributed by atoms with E-state index in [2.05, 4.69) is 0 Å². The van der Waals surface area contributed by atoms with Gasteiger partial charge in [0.25, 0.3) is 0 Å². The largest absolute Gasteiger partial charge is 0.493 e. The number of furan rings is 1. The Morgan fingerprint density at radius 3 is 2.53 bits per heavy atom. The molecule has 0 aliphatic carbocycles. The van der Waals surface area contributed by atoms with Gasteiger partial charge in [0.05, 0.1) is 19.8 Å². The van der Waals surface area contributed by atoms with Gasteiger partial charge in [-0.3, -0.25) is 4.79 Å². The molecule has 0 fully saturated rings. The van der Waals surface area contributed by atoms with Gasteiger partial charge in [0.15, 0.2) is 17.3 Å². The van der Waals surface area contributed by atoms with E-state index in [0.717, 1.165) is 5.39 Å². The summed E-state index contributed by atoms with van der Waals surface area (Å²) in [6, 6.07) is 17.4. The Bertz CT molecular complexity index is 1440. The van der Waals surface area contributed by atoms with Crippen molar-refractivity contribution in [1.29, 1.82) is 0 Å². The van der Waals surface area contributed by atoms with Crippen LogP contribution in [0.1, 0.15) is 32.0 Å². The van der Waals surface area contributed by atoms with Crippen LogP contribution in [0, 0.1) is 6.92 Å². The highest BCUT2D eigenvalue weighted by molar-refractivity contribution is 6.15. The van der Waals surface area contributed by atoms with E-state index in [0.29, 0.717) is 39.5 Å². The number of esters is 1. The van der Waals surface area contributed by atoms with Crippen molar-refractivity contribution < 1.29 is 33.0 Å². The first-order valence-corrected chi connectivity index (χ1v) is 10.5. The van der Waals surface area contributed by atoms with Crippen LogP contribution in [-0.4, -0.2) is 26.0 Å². The predicted octanol–water partition coefficient (Wildman–Crippen LogP) is 5.59. The molecule has 0 radical (unpaired) electrons. The summed E-state index contributed by atoms with van der Waals surface area (Å²) in [6.45, 7) is 1.72. The Hall–Kier alpha value is -4.52. The summed E-state index contributed by atoms with van der Waals surface area (Å²) in [4.78, 5) is 25.6. The van der Waals surface area contributed by atoms with E-state index >= 15 is 0 Å². The lowest BCUT2D eigenvalue weighted by Crippen LogP contribution is -2.08. The van der Waals surface area contributed by atoms with Crippen molar-refractivity contribution in [1.82, 2.24) is 0 Å². The van der Waals surface area contributed by atoms with Gasteiger partial charge in [0.2, 0.25) is 11.5 Å². The minimum atomic E-state index is -0.638. The van der Waals surface area contributed by atoms with Gasteiger partial charge in [0, 0.05) is 16.5 Å². The number of ketones is 1. The van der Waals surface area contributed by atoms with Crippen LogP contribution < -0.4 is 18.9 Å². The predicted molar refractivity (Wildman–Crippen MR) is 125 cm³/mol. The topological polar surface area (TPSA) is 84.2 Å². The molecular formula is C27H20O7. The summed E-state index contributed by atoms with van der Waals surface area (Å²) in [5.41, 5.74) is 2.13. The van der Waals surface area contributed by atoms with Crippen molar-refractivity contribution in [2.75, 3.05) is 14.2 Å². The molecule has 7 heteroatoms. The Labute approximate surface area is 195 Å². The smallest absolute Gasteiger partial charge is 0.379 e. The highest BCUT2D eigenvalue weighted by Crippen LogP contribution is 2.41. The van der Waals surface area contributed by atoms with Gasteiger partial charge >= 0.3 is 5.97 Å². The third-order valence-electron chi connectivity index (χ3n) is 5.59. The van der Waals surface area contributed by atoms with Gasteiger partial charge in [-0.1, -0.05) is 30.3 Å². The number of rotatable bonds is 5. The number of hydrogen-bond acceptors (Lipinski definition) is 7. The van der Waals surface area contributed by atoms with Gasteiger partial charge in [-0.25, -0.2) is 4.79 Å². The number of carbonyl (C=O) groups excluding carboxylic acids is 2. The van der Waals surface area contributed by atoms with E-state index in [4.69, 9.17) is 23.4 Å². The van der Waals surface area contributed by atoms with Crippen LogP contribution in [0.25, 0.3) is 17.0 Å². The zero-order valence-corrected chi connectivity index (χ0v) is 18.7. The van der Waals surface area contributed by atoms with E-state index in [1.165, 1.54) is 7.11 Å². The maximum absolute atomic E-state index is 13.0. The molecule has 170 valence electrons. The first-order valence-electron chi connectivity index (χ1n) is 10.5. The fraction of sp³-hybridized carbons (Fsp3) is 0.111. The van der Waals surface area contributed by atoms with Crippen LogP contribution in [0.2, 0.25) is 0 Å². The second-order valence-corrected chi connectivity index (χ2v) is 7.63. The molecular weight excluding hydrogens is 436 g/mol. The molecule has 0 amide bonds. The van der Waals surface area contributed by atoms with Gasteiger partial charge in [-0.05, 0) is 43.3 Å². The van der Waals surface area contributed by atoms with Crippen LogP contribution in [0.3, 0.4) is 0 Å². The number of allylic oxidation sites excluding steroid dienone is 1. The summed E-state index contributed by atoms with van der Waals surface area (Å²) in [5.74, 6) is 0.941. The monoisotopic (exact) mass is 456 g/mol. The van der Waals surface area contributed by atoms with Crippen molar-refractivity contribution in [2.45, 2.75) is 6.92 Å². The molecule has 1 aromatic heterocycles. The summed E-state index contributed by atoms with van der Waals surface area (Å²) < 4.78 is 27.8. The molecule has 0 spiro atoms. The summed E-state index contributed by atoms with van der Waals surface area (Å²) in [7, 11) is 3.07. The number of methoxy groups -OCH3 is 2. The Kier molecular flexibility index (Phi) is 5.30. The normalized spacial score (nSPS) is 13.6. The second-order valence-electron chi connectivity index (χ2n) is 7.63. The molecule has 1 aliphatic heterocycles. The van der Waals surface area contributed by atoms with Gasteiger partial charge < -0.3 is 23.4 Å². The number of hydrogen-bond donors (Lipinski definition) is 0. The van der Waals surface area contributed by atoms with E-state index in [9.17, 15) is 9.59 Å². The molecule has 34 heavy (non-hydrogen) atoms. The molecule has 2 heterocycles. The van der Waals surface area contributed by atoms with E-state index in [-0.39, 0.29) is 23.1 Å². The molecule has 0 atom stereocenters. The average Bonchev–Trinajstić information content (AvgIpc) is 3.42. The van der Waals surface area contributed by atoms with Gasteiger partial charge in [0.1, 0.15) is 17.1 Å². The third kappa shape index (κ3) is 3.57. The fourth-order valence-electron chi connectivity index (χ4n) is 3.88. The Morgan fingerprint density at radius 2 is 1.76 bits per heavy atom. The Morgan fingerprint density at radius 1 is 0.941 bits per heavy atom. The van der Waals surface area contributed by atoms with Crippen molar-refractivity contribution in [2.24, 2.45) is 0 Å².